The van der Waals surface area contributed by atoms with Crippen LogP contribution >= 0.6 is 0 Å². The number of hydrogen-bond acceptors (Lipinski definition) is 5. The van der Waals surface area contributed by atoms with Gasteiger partial charge in [-0.1, -0.05) is 19.8 Å². The first kappa shape index (κ1) is 16.8. The average Bonchev–Trinajstić information content (AvgIpc) is 2.50. The highest BCUT2D eigenvalue weighted by atomic mass is 16.5. The molecular formula is C15H22N2O4. The number of nitrogens with two attached hydrogens (primary N) is 1. The molecular weight excluding hydrogens is 272 g/mol. The molecule has 0 heterocycles. The summed E-state index contributed by atoms with van der Waals surface area (Å²) < 4.78 is 9.78. The second-order valence-corrected chi connectivity index (χ2v) is 4.64. The molecule has 0 aliphatic rings. The Labute approximate surface area is 124 Å². The van der Waals surface area contributed by atoms with Crippen LogP contribution in [0.2, 0.25) is 0 Å². The van der Waals surface area contributed by atoms with E-state index >= 15 is 0 Å². The van der Waals surface area contributed by atoms with Crippen molar-refractivity contribution in [2.45, 2.75) is 32.2 Å². The predicted octanol–water partition coefficient (Wildman–Crippen LogP) is 1.74. The van der Waals surface area contributed by atoms with E-state index in [0.717, 1.165) is 12.8 Å². The van der Waals surface area contributed by atoms with E-state index in [1.165, 1.54) is 14.2 Å². The molecule has 116 valence electrons. The number of carbonyl (C=O) groups is 2. The van der Waals surface area contributed by atoms with Gasteiger partial charge in [0.2, 0.25) is 0 Å². The highest BCUT2D eigenvalue weighted by Crippen LogP contribution is 2.19. The molecule has 3 N–H and O–H groups in total. The zero-order valence-corrected chi connectivity index (χ0v) is 12.6. The van der Waals surface area contributed by atoms with E-state index in [9.17, 15) is 9.59 Å². The summed E-state index contributed by atoms with van der Waals surface area (Å²) in [5.41, 5.74) is 6.40. The summed E-state index contributed by atoms with van der Waals surface area (Å²) in [5, 5.41) is 2.66. The van der Waals surface area contributed by atoms with Crippen molar-refractivity contribution >= 4 is 17.6 Å². The molecule has 6 nitrogen and oxygen atoms in total. The van der Waals surface area contributed by atoms with Crippen LogP contribution in [0.1, 0.15) is 36.5 Å². The molecule has 21 heavy (non-hydrogen) atoms. The molecule has 1 rings (SSSR count). The Morgan fingerprint density at radius 3 is 2.62 bits per heavy atom. The molecule has 6 heteroatoms. The molecule has 0 radical (unpaired) electrons. The van der Waals surface area contributed by atoms with Crippen LogP contribution in [-0.2, 0) is 9.53 Å². The number of unbranched alkanes of at least 4 members (excludes halogenated alkanes) is 1. The van der Waals surface area contributed by atoms with Gasteiger partial charge in [0.15, 0.2) is 0 Å². The largest absolute Gasteiger partial charge is 0.497 e. The van der Waals surface area contributed by atoms with Crippen molar-refractivity contribution in [1.82, 2.24) is 5.32 Å². The van der Waals surface area contributed by atoms with Crippen LogP contribution in [0.5, 0.6) is 5.75 Å². The van der Waals surface area contributed by atoms with Crippen LogP contribution in [0.25, 0.3) is 0 Å². The van der Waals surface area contributed by atoms with E-state index in [4.69, 9.17) is 15.2 Å². The molecule has 0 aliphatic carbocycles. The number of benzene rings is 1. The molecule has 0 spiro atoms. The van der Waals surface area contributed by atoms with Crippen molar-refractivity contribution in [1.29, 1.82) is 0 Å². The predicted molar refractivity (Wildman–Crippen MR) is 80.2 cm³/mol. The summed E-state index contributed by atoms with van der Waals surface area (Å²) in [5.74, 6) is -0.353. The second kappa shape index (κ2) is 8.14. The lowest BCUT2D eigenvalue weighted by molar-refractivity contribution is -0.143. The Balaban J connectivity index is 2.88. The van der Waals surface area contributed by atoms with Gasteiger partial charge in [-0.05, 0) is 24.6 Å². The standard InChI is InChI=1S/C15H22N2O4/c1-4-5-6-13(15(19)21-3)17-14(18)11-9-10(20-2)7-8-12(11)16/h7-9,13H,4-6,16H2,1-3H3,(H,17,18). The first-order valence-corrected chi connectivity index (χ1v) is 6.85. The van der Waals surface area contributed by atoms with Gasteiger partial charge in [0.25, 0.3) is 5.91 Å². The average molecular weight is 294 g/mol. The Morgan fingerprint density at radius 1 is 1.33 bits per heavy atom. The third-order valence-electron chi connectivity index (χ3n) is 3.14. The van der Waals surface area contributed by atoms with E-state index in [2.05, 4.69) is 5.32 Å². The summed E-state index contributed by atoms with van der Waals surface area (Å²) in [6.45, 7) is 2.01. The zero-order valence-electron chi connectivity index (χ0n) is 12.6. The lowest BCUT2D eigenvalue weighted by atomic mass is 10.1. The van der Waals surface area contributed by atoms with E-state index in [-0.39, 0.29) is 5.56 Å². The Hall–Kier alpha value is -2.24. The fraction of sp³-hybridized carbons (Fsp3) is 0.467. The maximum Gasteiger partial charge on any atom is 0.328 e. The van der Waals surface area contributed by atoms with E-state index in [0.29, 0.717) is 17.9 Å². The third kappa shape index (κ3) is 4.66. The Morgan fingerprint density at radius 2 is 2.05 bits per heavy atom. The number of nitrogen functional groups attached to an aromatic ring is 1. The lowest BCUT2D eigenvalue weighted by Crippen LogP contribution is -2.41. The van der Waals surface area contributed by atoms with E-state index in [1.807, 2.05) is 6.92 Å². The van der Waals surface area contributed by atoms with Crippen LogP contribution in [0.3, 0.4) is 0 Å². The molecule has 1 atom stereocenters. The Bertz CT molecular complexity index is 502. The van der Waals surface area contributed by atoms with Crippen molar-refractivity contribution < 1.29 is 19.1 Å². The first-order valence-electron chi connectivity index (χ1n) is 6.85. The molecule has 0 saturated carbocycles. The van der Waals surface area contributed by atoms with Crippen molar-refractivity contribution in [3.63, 3.8) is 0 Å². The topological polar surface area (TPSA) is 90.6 Å². The number of nitrogens with one attached hydrogen (secondary N) is 1. The SMILES string of the molecule is CCCCC(NC(=O)c1cc(OC)ccc1N)C(=O)OC. The normalized spacial score (nSPS) is 11.6. The van der Waals surface area contributed by atoms with Crippen LogP contribution in [-0.4, -0.2) is 32.1 Å². The number of ether oxygens (including phenoxy) is 2. The number of rotatable bonds is 7. The summed E-state index contributed by atoms with van der Waals surface area (Å²) in [4.78, 5) is 24.0. The second-order valence-electron chi connectivity index (χ2n) is 4.64. The van der Waals surface area contributed by atoms with Crippen LogP contribution in [0.4, 0.5) is 5.69 Å². The van der Waals surface area contributed by atoms with Gasteiger partial charge in [0.05, 0.1) is 19.8 Å². The number of anilines is 1. The number of esters is 1. The molecule has 0 aliphatic heterocycles. The van der Waals surface area contributed by atoms with E-state index < -0.39 is 17.9 Å². The summed E-state index contributed by atoms with van der Waals surface area (Å²) in [6, 6.07) is 4.13. The van der Waals surface area contributed by atoms with Gasteiger partial charge < -0.3 is 20.5 Å². The number of methoxy groups -OCH3 is 2. The summed E-state index contributed by atoms with van der Waals surface area (Å²) >= 11 is 0. The Kier molecular flexibility index (Phi) is 6.52. The molecule has 0 fully saturated rings. The first-order chi connectivity index (χ1) is 10.0. The molecule has 1 aromatic rings. The molecule has 0 bridgehead atoms. The van der Waals surface area contributed by atoms with Crippen molar-refractivity contribution in [2.24, 2.45) is 0 Å². The highest BCUT2D eigenvalue weighted by Gasteiger charge is 2.22. The van der Waals surface area contributed by atoms with E-state index in [1.54, 1.807) is 18.2 Å². The van der Waals surface area contributed by atoms with Crippen LogP contribution < -0.4 is 15.8 Å². The summed E-state index contributed by atoms with van der Waals surface area (Å²) in [6.07, 6.45) is 2.26. The fourth-order valence-corrected chi connectivity index (χ4v) is 1.89. The minimum absolute atomic E-state index is 0.278. The molecule has 0 saturated heterocycles. The molecule has 1 aromatic carbocycles. The number of amides is 1. The van der Waals surface area contributed by atoms with Gasteiger partial charge in [-0.2, -0.15) is 0 Å². The van der Waals surface area contributed by atoms with Gasteiger partial charge in [-0.15, -0.1) is 0 Å². The maximum absolute atomic E-state index is 12.3. The number of carbonyl (C=O) groups excluding carboxylic acids is 2. The molecule has 0 aromatic heterocycles. The van der Waals surface area contributed by atoms with Crippen molar-refractivity contribution in [3.05, 3.63) is 23.8 Å². The minimum atomic E-state index is -0.673. The fourth-order valence-electron chi connectivity index (χ4n) is 1.89. The van der Waals surface area contributed by atoms with Crippen LogP contribution in [0, 0.1) is 0 Å². The quantitative estimate of drug-likeness (QED) is 0.590. The molecule has 1 amide bonds. The summed E-state index contributed by atoms with van der Waals surface area (Å²) in [7, 11) is 2.80. The van der Waals surface area contributed by atoms with Crippen molar-refractivity contribution in [2.75, 3.05) is 20.0 Å². The van der Waals surface area contributed by atoms with Gasteiger partial charge in [-0.25, -0.2) is 4.79 Å². The minimum Gasteiger partial charge on any atom is -0.497 e. The molecule has 1 unspecified atom stereocenters. The lowest BCUT2D eigenvalue weighted by Gasteiger charge is -2.17. The number of hydrogen-bond donors (Lipinski definition) is 2. The zero-order chi connectivity index (χ0) is 15.8. The third-order valence-corrected chi connectivity index (χ3v) is 3.14. The monoisotopic (exact) mass is 294 g/mol. The maximum atomic E-state index is 12.3. The van der Waals surface area contributed by atoms with Gasteiger partial charge in [0.1, 0.15) is 11.8 Å². The van der Waals surface area contributed by atoms with Gasteiger partial charge in [-0.3, -0.25) is 4.79 Å². The van der Waals surface area contributed by atoms with Crippen LogP contribution in [0.15, 0.2) is 18.2 Å². The van der Waals surface area contributed by atoms with Crippen molar-refractivity contribution in [3.8, 4) is 5.75 Å². The highest BCUT2D eigenvalue weighted by molar-refractivity contribution is 6.01. The smallest absolute Gasteiger partial charge is 0.328 e. The van der Waals surface area contributed by atoms with Gasteiger partial charge >= 0.3 is 5.97 Å². The van der Waals surface area contributed by atoms with Gasteiger partial charge in [0, 0.05) is 5.69 Å².